The first kappa shape index (κ1) is 17.7. The predicted octanol–water partition coefficient (Wildman–Crippen LogP) is 4.95. The second kappa shape index (κ2) is 6.42. The van der Waals surface area contributed by atoms with Crippen LogP contribution in [0.1, 0.15) is 39.5 Å². The molecular weight excluding hydrogens is 376 g/mol. The van der Waals surface area contributed by atoms with Gasteiger partial charge in [0.1, 0.15) is 0 Å². The number of carbonyl (C=O) groups is 1. The van der Waals surface area contributed by atoms with Crippen LogP contribution in [-0.2, 0) is 29.1 Å². The molecule has 30 heavy (non-hydrogen) atoms. The van der Waals surface area contributed by atoms with E-state index in [2.05, 4.69) is 41.4 Å². The Kier molecular flexibility index (Phi) is 3.79. The van der Waals surface area contributed by atoms with E-state index in [1.165, 1.54) is 16.2 Å². The highest BCUT2D eigenvalue weighted by atomic mass is 16.7. The number of fused-ring (bicyclic) bond motifs is 10. The van der Waals surface area contributed by atoms with E-state index in [9.17, 15) is 4.79 Å². The van der Waals surface area contributed by atoms with Gasteiger partial charge in [-0.15, -0.1) is 0 Å². The number of nitrogens with one attached hydrogen (secondary N) is 1. The SMILES string of the molecule is CCOCc1ccc2[nH]c3c4c(c5c(c3c2c1)CN(OC)C5=O)-c1ccccc1C4. The van der Waals surface area contributed by atoms with Gasteiger partial charge in [-0.1, -0.05) is 30.3 Å². The zero-order valence-electron chi connectivity index (χ0n) is 17.0. The Hall–Kier alpha value is -3.15. The summed E-state index contributed by atoms with van der Waals surface area (Å²) in [5, 5.41) is 3.74. The van der Waals surface area contributed by atoms with Gasteiger partial charge in [0.05, 0.1) is 31.3 Å². The lowest BCUT2D eigenvalue weighted by atomic mass is 9.92. The average molecular weight is 398 g/mol. The summed E-state index contributed by atoms with van der Waals surface area (Å²) in [6.07, 6.45) is 0.828. The number of hydrogen-bond donors (Lipinski definition) is 1. The van der Waals surface area contributed by atoms with Gasteiger partial charge >= 0.3 is 0 Å². The van der Waals surface area contributed by atoms with E-state index in [0.29, 0.717) is 19.8 Å². The summed E-state index contributed by atoms with van der Waals surface area (Å²) in [5.74, 6) is -0.0535. The Bertz CT molecular complexity index is 1350. The number of aromatic amines is 1. The van der Waals surface area contributed by atoms with Gasteiger partial charge in [0, 0.05) is 34.9 Å². The third-order valence-corrected chi connectivity index (χ3v) is 6.41. The summed E-state index contributed by atoms with van der Waals surface area (Å²) in [4.78, 5) is 22.4. The summed E-state index contributed by atoms with van der Waals surface area (Å²) in [7, 11) is 1.56. The lowest BCUT2D eigenvalue weighted by molar-refractivity contribution is -0.0955. The van der Waals surface area contributed by atoms with Crippen LogP contribution >= 0.6 is 0 Å². The topological polar surface area (TPSA) is 54.6 Å². The lowest BCUT2D eigenvalue weighted by Gasteiger charge is -2.11. The van der Waals surface area contributed by atoms with Gasteiger partial charge in [-0.25, -0.2) is 5.06 Å². The highest BCUT2D eigenvalue weighted by Crippen LogP contribution is 2.48. The van der Waals surface area contributed by atoms with Crippen LogP contribution in [0.5, 0.6) is 0 Å². The summed E-state index contributed by atoms with van der Waals surface area (Å²) >= 11 is 0. The number of aromatic nitrogens is 1. The van der Waals surface area contributed by atoms with E-state index < -0.39 is 0 Å². The number of hydrogen-bond acceptors (Lipinski definition) is 3. The van der Waals surface area contributed by atoms with E-state index in [1.807, 2.05) is 13.0 Å². The zero-order chi connectivity index (χ0) is 20.4. The maximum absolute atomic E-state index is 13.3. The van der Waals surface area contributed by atoms with Crippen molar-refractivity contribution in [1.82, 2.24) is 10.0 Å². The van der Waals surface area contributed by atoms with Gasteiger partial charge in [0.15, 0.2) is 0 Å². The normalized spacial score (nSPS) is 14.6. The van der Waals surface area contributed by atoms with Crippen LogP contribution in [0.3, 0.4) is 0 Å². The Morgan fingerprint density at radius 1 is 1.10 bits per heavy atom. The molecule has 1 amide bonds. The van der Waals surface area contributed by atoms with Crippen LogP contribution in [0.4, 0.5) is 0 Å². The summed E-state index contributed by atoms with van der Waals surface area (Å²) < 4.78 is 5.63. The van der Waals surface area contributed by atoms with Crippen LogP contribution in [-0.4, -0.2) is 29.7 Å². The molecule has 3 aromatic carbocycles. The largest absolute Gasteiger partial charge is 0.377 e. The van der Waals surface area contributed by atoms with Gasteiger partial charge in [0.25, 0.3) is 5.91 Å². The highest BCUT2D eigenvalue weighted by molar-refractivity contribution is 6.19. The quantitative estimate of drug-likeness (QED) is 0.466. The predicted molar refractivity (Wildman–Crippen MR) is 116 cm³/mol. The number of hydroxylamine groups is 2. The van der Waals surface area contributed by atoms with E-state index in [-0.39, 0.29) is 5.91 Å². The Morgan fingerprint density at radius 3 is 2.80 bits per heavy atom. The smallest absolute Gasteiger partial charge is 0.278 e. The molecule has 0 bridgehead atoms. The fourth-order valence-electron chi connectivity index (χ4n) is 5.10. The van der Waals surface area contributed by atoms with Gasteiger partial charge < -0.3 is 9.72 Å². The molecular formula is C25H22N2O3. The van der Waals surface area contributed by atoms with E-state index in [1.54, 1.807) is 7.11 Å². The summed E-state index contributed by atoms with van der Waals surface area (Å²) in [6, 6.07) is 14.8. The Labute approximate surface area is 174 Å². The highest BCUT2D eigenvalue weighted by Gasteiger charge is 2.38. The fourth-order valence-corrected chi connectivity index (χ4v) is 5.10. The van der Waals surface area contributed by atoms with Crippen molar-refractivity contribution in [3.8, 4) is 11.1 Å². The number of benzene rings is 3. The number of amides is 1. The molecule has 6 rings (SSSR count). The monoisotopic (exact) mass is 398 g/mol. The van der Waals surface area contributed by atoms with E-state index >= 15 is 0 Å². The molecule has 0 spiro atoms. The molecule has 0 saturated heterocycles. The number of nitrogens with zero attached hydrogens (tertiary/aromatic N) is 1. The standard InChI is InChI=1S/C25H22N2O3/c1-3-30-13-14-8-9-20-17(10-14)22-19-12-27(29-2)25(28)23(19)21-16-7-5-4-6-15(16)11-18(21)24(22)26-20/h4-10,26H,3,11-13H2,1-2H3. The first-order valence-corrected chi connectivity index (χ1v) is 10.3. The average Bonchev–Trinajstić information content (AvgIpc) is 3.43. The minimum atomic E-state index is -0.0535. The molecule has 0 radical (unpaired) electrons. The van der Waals surface area contributed by atoms with E-state index in [4.69, 9.17) is 9.57 Å². The van der Waals surface area contributed by atoms with Crippen molar-refractivity contribution in [3.05, 3.63) is 70.3 Å². The number of rotatable bonds is 4. The third-order valence-electron chi connectivity index (χ3n) is 6.41. The van der Waals surface area contributed by atoms with Crippen molar-refractivity contribution in [2.24, 2.45) is 0 Å². The maximum Gasteiger partial charge on any atom is 0.278 e. The minimum Gasteiger partial charge on any atom is -0.377 e. The molecule has 1 aliphatic heterocycles. The number of carbonyl (C=O) groups excluding carboxylic acids is 1. The maximum atomic E-state index is 13.3. The third kappa shape index (κ3) is 2.27. The fraction of sp³-hybridized carbons (Fsp3) is 0.240. The lowest BCUT2D eigenvalue weighted by Crippen LogP contribution is -2.22. The van der Waals surface area contributed by atoms with Crippen molar-refractivity contribution in [3.63, 3.8) is 0 Å². The second-order valence-electron chi connectivity index (χ2n) is 7.96. The van der Waals surface area contributed by atoms with Crippen LogP contribution in [0.15, 0.2) is 42.5 Å². The molecule has 2 heterocycles. The first-order valence-electron chi connectivity index (χ1n) is 10.3. The Balaban J connectivity index is 1.71. The van der Waals surface area contributed by atoms with Crippen molar-refractivity contribution < 1.29 is 14.4 Å². The van der Waals surface area contributed by atoms with Gasteiger partial charge in [-0.05, 0) is 46.9 Å². The molecule has 5 heteroatoms. The molecule has 0 atom stereocenters. The number of H-pyrrole nitrogens is 1. The van der Waals surface area contributed by atoms with E-state index in [0.717, 1.165) is 56.0 Å². The number of ether oxygens (including phenoxy) is 1. The minimum absolute atomic E-state index is 0.0535. The summed E-state index contributed by atoms with van der Waals surface area (Å²) in [6.45, 7) is 3.73. The molecule has 5 nitrogen and oxygen atoms in total. The van der Waals surface area contributed by atoms with Crippen LogP contribution in [0.25, 0.3) is 32.9 Å². The van der Waals surface area contributed by atoms with Crippen molar-refractivity contribution in [1.29, 1.82) is 0 Å². The van der Waals surface area contributed by atoms with Gasteiger partial charge in [0.2, 0.25) is 0 Å². The molecule has 2 aliphatic rings. The molecule has 0 fully saturated rings. The van der Waals surface area contributed by atoms with Crippen molar-refractivity contribution >= 4 is 27.7 Å². The Morgan fingerprint density at radius 2 is 1.97 bits per heavy atom. The molecule has 4 aromatic rings. The molecule has 1 aliphatic carbocycles. The molecule has 0 unspecified atom stereocenters. The first-order chi connectivity index (χ1) is 14.7. The van der Waals surface area contributed by atoms with Crippen molar-refractivity contribution in [2.75, 3.05) is 13.7 Å². The molecule has 1 aromatic heterocycles. The van der Waals surface area contributed by atoms with Crippen LogP contribution < -0.4 is 0 Å². The van der Waals surface area contributed by atoms with Crippen molar-refractivity contribution in [2.45, 2.75) is 26.5 Å². The van der Waals surface area contributed by atoms with Gasteiger partial charge in [-0.3, -0.25) is 9.63 Å². The van der Waals surface area contributed by atoms with Gasteiger partial charge in [-0.2, -0.15) is 0 Å². The summed E-state index contributed by atoms with van der Waals surface area (Å²) in [5.41, 5.74) is 9.89. The second-order valence-corrected chi connectivity index (χ2v) is 7.96. The molecule has 150 valence electrons. The van der Waals surface area contributed by atoms with Crippen LogP contribution in [0, 0.1) is 0 Å². The molecule has 1 N–H and O–H groups in total. The van der Waals surface area contributed by atoms with Crippen LogP contribution in [0.2, 0.25) is 0 Å². The molecule has 0 saturated carbocycles. The zero-order valence-corrected chi connectivity index (χ0v) is 17.0.